The molecule has 0 bridgehead atoms. The lowest BCUT2D eigenvalue weighted by Gasteiger charge is -2.16. The second-order valence-electron chi connectivity index (χ2n) is 6.63. The smallest absolute Gasteiger partial charge is 0.252 e. The molecule has 0 radical (unpaired) electrons. The van der Waals surface area contributed by atoms with E-state index in [0.717, 1.165) is 22.0 Å². The second-order valence-corrected chi connectivity index (χ2v) is 7.69. The monoisotopic (exact) mass is 426 g/mol. The Hall–Kier alpha value is -2.93. The van der Waals surface area contributed by atoms with Gasteiger partial charge in [-0.15, -0.1) is 0 Å². The number of carbonyl (C=O) groups is 1. The number of benzene rings is 2. The molecule has 1 aliphatic heterocycles. The van der Waals surface area contributed by atoms with Gasteiger partial charge in [0.15, 0.2) is 16.7 Å². The first kappa shape index (κ1) is 21.8. The number of carbonyl (C=O) groups excluding carboxylic acids is 1. The van der Waals surface area contributed by atoms with Gasteiger partial charge in [0.2, 0.25) is 5.75 Å². The summed E-state index contributed by atoms with van der Waals surface area (Å²) < 4.78 is 16.1. The summed E-state index contributed by atoms with van der Waals surface area (Å²) in [6, 6.07) is 13.7. The minimum absolute atomic E-state index is 0.0128. The van der Waals surface area contributed by atoms with Crippen LogP contribution in [0.15, 0.2) is 53.5 Å². The second kappa shape index (κ2) is 10.2. The van der Waals surface area contributed by atoms with Gasteiger partial charge in [0.25, 0.3) is 5.91 Å². The molecule has 1 amide bonds. The van der Waals surface area contributed by atoms with Crippen molar-refractivity contribution < 1.29 is 19.0 Å². The highest BCUT2D eigenvalue weighted by Gasteiger charge is 2.25. The standard InChI is InChI=1S/C23H26N2O4S/c1-16(18-8-6-5-7-9-18)24-23-25(12-13-30-23)21(26)11-10-17-14-19(27-2)22(29-4)20(15-17)28-3/h5-11,14-16H,12-13H2,1-4H3. The van der Waals surface area contributed by atoms with E-state index in [1.165, 1.54) is 0 Å². The molecule has 1 atom stereocenters. The highest BCUT2D eigenvalue weighted by Crippen LogP contribution is 2.38. The lowest BCUT2D eigenvalue weighted by Crippen LogP contribution is -2.30. The first-order chi connectivity index (χ1) is 14.6. The summed E-state index contributed by atoms with van der Waals surface area (Å²) in [6.45, 7) is 2.68. The molecule has 0 N–H and O–H groups in total. The van der Waals surface area contributed by atoms with Crippen LogP contribution < -0.4 is 14.2 Å². The van der Waals surface area contributed by atoms with Crippen LogP contribution in [0.4, 0.5) is 0 Å². The number of amides is 1. The number of nitrogens with zero attached hydrogens (tertiary/aromatic N) is 2. The van der Waals surface area contributed by atoms with Gasteiger partial charge in [-0.1, -0.05) is 42.1 Å². The van der Waals surface area contributed by atoms with Crippen molar-refractivity contribution in [2.45, 2.75) is 13.0 Å². The zero-order valence-electron chi connectivity index (χ0n) is 17.6. The lowest BCUT2D eigenvalue weighted by molar-refractivity contribution is -0.121. The Morgan fingerprint density at radius 1 is 1.10 bits per heavy atom. The van der Waals surface area contributed by atoms with Crippen LogP contribution in [0.3, 0.4) is 0 Å². The Balaban J connectivity index is 1.78. The summed E-state index contributed by atoms with van der Waals surface area (Å²) in [5, 5.41) is 0.755. The third-order valence-corrected chi connectivity index (χ3v) is 5.71. The van der Waals surface area contributed by atoms with Crippen molar-refractivity contribution in [1.29, 1.82) is 0 Å². The van der Waals surface area contributed by atoms with Crippen LogP contribution in [-0.2, 0) is 4.79 Å². The Labute approximate surface area is 181 Å². The number of hydrogen-bond donors (Lipinski definition) is 0. The molecule has 6 nitrogen and oxygen atoms in total. The average Bonchev–Trinajstić information content (AvgIpc) is 3.25. The van der Waals surface area contributed by atoms with Gasteiger partial charge in [-0.05, 0) is 36.3 Å². The fraction of sp³-hybridized carbons (Fsp3) is 0.304. The fourth-order valence-corrected chi connectivity index (χ4v) is 4.17. The van der Waals surface area contributed by atoms with Crippen LogP contribution in [-0.4, -0.2) is 49.6 Å². The molecule has 0 saturated carbocycles. The van der Waals surface area contributed by atoms with Crippen molar-refractivity contribution in [3.8, 4) is 17.2 Å². The Morgan fingerprint density at radius 3 is 2.37 bits per heavy atom. The van der Waals surface area contributed by atoms with E-state index >= 15 is 0 Å². The van der Waals surface area contributed by atoms with Crippen LogP contribution in [0.25, 0.3) is 6.08 Å². The molecule has 7 heteroatoms. The summed E-state index contributed by atoms with van der Waals surface area (Å²) in [5.74, 6) is 2.33. The molecule has 30 heavy (non-hydrogen) atoms. The zero-order chi connectivity index (χ0) is 21.5. The molecule has 1 fully saturated rings. The molecule has 1 saturated heterocycles. The predicted molar refractivity (Wildman–Crippen MR) is 122 cm³/mol. The number of hydrogen-bond acceptors (Lipinski definition) is 6. The van der Waals surface area contributed by atoms with Crippen molar-refractivity contribution in [3.05, 3.63) is 59.7 Å². The van der Waals surface area contributed by atoms with E-state index in [4.69, 9.17) is 19.2 Å². The van der Waals surface area contributed by atoms with E-state index in [2.05, 4.69) is 0 Å². The van der Waals surface area contributed by atoms with E-state index in [9.17, 15) is 4.79 Å². The molecule has 3 rings (SSSR count). The molecule has 0 aromatic heterocycles. The van der Waals surface area contributed by atoms with E-state index in [1.807, 2.05) is 37.3 Å². The number of ether oxygens (including phenoxy) is 3. The van der Waals surface area contributed by atoms with Crippen molar-refractivity contribution in [1.82, 2.24) is 4.90 Å². The molecular formula is C23H26N2O4S. The molecular weight excluding hydrogens is 400 g/mol. The van der Waals surface area contributed by atoms with Crippen LogP contribution in [0.2, 0.25) is 0 Å². The topological polar surface area (TPSA) is 60.4 Å². The number of amidine groups is 1. The minimum atomic E-state index is -0.104. The summed E-state index contributed by atoms with van der Waals surface area (Å²) in [7, 11) is 4.68. The van der Waals surface area contributed by atoms with Crippen molar-refractivity contribution in [3.63, 3.8) is 0 Å². The average molecular weight is 427 g/mol. The van der Waals surface area contributed by atoms with Gasteiger partial charge in [-0.25, -0.2) is 0 Å². The summed E-state index contributed by atoms with van der Waals surface area (Å²) in [6.07, 6.45) is 3.29. The Bertz CT molecular complexity index is 918. The number of thioether (sulfide) groups is 1. The first-order valence-electron chi connectivity index (χ1n) is 9.62. The molecule has 0 spiro atoms. The molecule has 2 aromatic carbocycles. The highest BCUT2D eigenvalue weighted by atomic mass is 32.2. The molecule has 158 valence electrons. The molecule has 0 aliphatic carbocycles. The Morgan fingerprint density at radius 2 is 1.77 bits per heavy atom. The fourth-order valence-electron chi connectivity index (χ4n) is 3.14. The first-order valence-corrected chi connectivity index (χ1v) is 10.6. The minimum Gasteiger partial charge on any atom is -0.493 e. The number of aliphatic imine (C=N–C) groups is 1. The maximum atomic E-state index is 12.8. The van der Waals surface area contributed by atoms with E-state index in [1.54, 1.807) is 62.3 Å². The number of methoxy groups -OCH3 is 3. The number of rotatable bonds is 7. The van der Waals surface area contributed by atoms with Gasteiger partial charge in [0.05, 0.1) is 27.4 Å². The molecule has 1 heterocycles. The van der Waals surface area contributed by atoms with Gasteiger partial charge in [-0.2, -0.15) is 0 Å². The predicted octanol–water partition coefficient (Wildman–Crippen LogP) is 4.42. The Kier molecular flexibility index (Phi) is 7.41. The maximum absolute atomic E-state index is 12.8. The normalized spacial score (nSPS) is 16.1. The van der Waals surface area contributed by atoms with E-state index in [-0.39, 0.29) is 11.9 Å². The van der Waals surface area contributed by atoms with Crippen molar-refractivity contribution in [2.75, 3.05) is 33.6 Å². The van der Waals surface area contributed by atoms with Crippen LogP contribution in [0.5, 0.6) is 17.2 Å². The molecule has 1 unspecified atom stereocenters. The van der Waals surface area contributed by atoms with Crippen LogP contribution in [0.1, 0.15) is 24.1 Å². The largest absolute Gasteiger partial charge is 0.493 e. The lowest BCUT2D eigenvalue weighted by atomic mass is 10.1. The van der Waals surface area contributed by atoms with Crippen LogP contribution in [0, 0.1) is 0 Å². The third kappa shape index (κ3) is 4.97. The van der Waals surface area contributed by atoms with E-state index in [0.29, 0.717) is 23.8 Å². The third-order valence-electron chi connectivity index (χ3n) is 4.73. The zero-order valence-corrected chi connectivity index (χ0v) is 18.4. The highest BCUT2D eigenvalue weighted by molar-refractivity contribution is 8.14. The SMILES string of the molecule is COc1cc(C=CC(=O)N2CCSC2=NC(C)c2ccccc2)cc(OC)c1OC. The molecule has 2 aromatic rings. The van der Waals surface area contributed by atoms with Gasteiger partial charge in [0, 0.05) is 18.4 Å². The van der Waals surface area contributed by atoms with Gasteiger partial charge >= 0.3 is 0 Å². The quantitative estimate of drug-likeness (QED) is 0.614. The summed E-state index contributed by atoms with van der Waals surface area (Å²) in [5.41, 5.74) is 1.90. The van der Waals surface area contributed by atoms with Gasteiger partial charge < -0.3 is 14.2 Å². The summed E-state index contributed by atoms with van der Waals surface area (Å²) >= 11 is 1.61. The maximum Gasteiger partial charge on any atom is 0.252 e. The van der Waals surface area contributed by atoms with E-state index < -0.39 is 0 Å². The summed E-state index contributed by atoms with van der Waals surface area (Å²) in [4.78, 5) is 19.3. The molecule has 1 aliphatic rings. The van der Waals surface area contributed by atoms with Crippen molar-refractivity contribution in [2.24, 2.45) is 4.99 Å². The van der Waals surface area contributed by atoms with Gasteiger partial charge in [-0.3, -0.25) is 14.7 Å². The van der Waals surface area contributed by atoms with Gasteiger partial charge in [0.1, 0.15) is 0 Å². The van der Waals surface area contributed by atoms with Crippen LogP contribution >= 0.6 is 11.8 Å². The van der Waals surface area contributed by atoms with Crippen molar-refractivity contribution >= 4 is 28.9 Å².